The third kappa shape index (κ3) is 4.02. The van der Waals surface area contributed by atoms with Crippen molar-refractivity contribution in [3.8, 4) is 0 Å². The van der Waals surface area contributed by atoms with Crippen LogP contribution in [0.3, 0.4) is 0 Å². The first kappa shape index (κ1) is 14.0. The molecule has 0 aliphatic carbocycles. The van der Waals surface area contributed by atoms with Crippen molar-refractivity contribution in [2.45, 2.75) is 32.1 Å². The van der Waals surface area contributed by atoms with E-state index < -0.39 is 0 Å². The Morgan fingerprint density at radius 3 is 2.68 bits per heavy atom. The lowest BCUT2D eigenvalue weighted by Crippen LogP contribution is -2.42. The highest BCUT2D eigenvalue weighted by molar-refractivity contribution is 6.39. The summed E-state index contributed by atoms with van der Waals surface area (Å²) in [5, 5.41) is 3.84. The molecule has 1 N–H and O–H groups in total. The molecule has 0 bridgehead atoms. The van der Waals surface area contributed by atoms with Gasteiger partial charge in [-0.05, 0) is 25.9 Å². The Balaban J connectivity index is 1.77. The van der Waals surface area contributed by atoms with Crippen LogP contribution >= 0.6 is 0 Å². The van der Waals surface area contributed by atoms with Crippen LogP contribution in [0.25, 0.3) is 0 Å². The van der Waals surface area contributed by atoms with Crippen molar-refractivity contribution in [2.24, 2.45) is 5.10 Å². The molecule has 2 amide bonds. The molecule has 0 unspecified atom stereocenters. The van der Waals surface area contributed by atoms with Gasteiger partial charge in [-0.25, -0.2) is 5.43 Å². The predicted octanol–water partition coefficient (Wildman–Crippen LogP) is 0.197. The smallest absolute Gasteiger partial charge is 0.269 e. The molecule has 1 saturated heterocycles. The first-order chi connectivity index (χ1) is 9.16. The molecule has 6 nitrogen and oxygen atoms in total. The van der Waals surface area contributed by atoms with Gasteiger partial charge in [-0.15, -0.1) is 0 Å². The summed E-state index contributed by atoms with van der Waals surface area (Å²) in [7, 11) is 1.80. The van der Waals surface area contributed by atoms with E-state index in [2.05, 4.69) is 15.4 Å². The fraction of sp³-hybridized carbons (Fsp3) is 0.769. The number of amides is 2. The van der Waals surface area contributed by atoms with Crippen LogP contribution in [-0.2, 0) is 9.59 Å². The molecular weight excluding hydrogens is 244 g/mol. The fourth-order valence-electron chi connectivity index (χ4n) is 2.42. The molecule has 6 heteroatoms. The first-order valence-corrected chi connectivity index (χ1v) is 7.00. The van der Waals surface area contributed by atoms with Crippen molar-refractivity contribution < 1.29 is 9.59 Å². The van der Waals surface area contributed by atoms with E-state index in [0.717, 1.165) is 19.6 Å². The van der Waals surface area contributed by atoms with E-state index in [4.69, 9.17) is 0 Å². The topological polar surface area (TPSA) is 65.0 Å². The minimum Gasteiger partial charge on any atom is -0.339 e. The average molecular weight is 266 g/mol. The first-order valence-electron chi connectivity index (χ1n) is 7.00. The second kappa shape index (κ2) is 6.65. The van der Waals surface area contributed by atoms with Gasteiger partial charge in [0, 0.05) is 33.0 Å². The summed E-state index contributed by atoms with van der Waals surface area (Å²) in [6.45, 7) is 3.91. The van der Waals surface area contributed by atoms with E-state index in [9.17, 15) is 9.59 Å². The van der Waals surface area contributed by atoms with Gasteiger partial charge in [-0.2, -0.15) is 5.10 Å². The Kier molecular flexibility index (Phi) is 4.90. The van der Waals surface area contributed by atoms with Crippen LogP contribution in [0.1, 0.15) is 32.1 Å². The van der Waals surface area contributed by atoms with Crippen molar-refractivity contribution >= 4 is 17.5 Å². The second-order valence-corrected chi connectivity index (χ2v) is 5.22. The maximum Gasteiger partial charge on any atom is 0.269 e. The fourth-order valence-corrected chi connectivity index (χ4v) is 2.42. The maximum atomic E-state index is 12.1. The van der Waals surface area contributed by atoms with Gasteiger partial charge < -0.3 is 9.80 Å². The van der Waals surface area contributed by atoms with Crippen LogP contribution in [0.15, 0.2) is 5.10 Å². The number of piperidine rings is 1. The van der Waals surface area contributed by atoms with Gasteiger partial charge in [0.05, 0.1) is 0 Å². The number of nitrogens with one attached hydrogen (secondary N) is 1. The number of hydrogen-bond acceptors (Lipinski definition) is 4. The molecule has 0 spiro atoms. The van der Waals surface area contributed by atoms with E-state index in [1.54, 1.807) is 11.9 Å². The summed E-state index contributed by atoms with van der Waals surface area (Å²) in [6.07, 6.45) is 4.64. The van der Waals surface area contributed by atoms with Crippen LogP contribution in [0, 0.1) is 0 Å². The van der Waals surface area contributed by atoms with Crippen molar-refractivity contribution in [1.82, 2.24) is 15.2 Å². The lowest BCUT2D eigenvalue weighted by atomic mass is 10.1. The maximum absolute atomic E-state index is 12.1. The van der Waals surface area contributed by atoms with Gasteiger partial charge in [0.15, 0.2) is 0 Å². The Morgan fingerprint density at radius 1 is 1.32 bits per heavy atom. The predicted molar refractivity (Wildman–Crippen MR) is 72.7 cm³/mol. The third-order valence-corrected chi connectivity index (χ3v) is 3.70. The zero-order valence-electron chi connectivity index (χ0n) is 11.5. The number of likely N-dealkylation sites (tertiary alicyclic amines) is 1. The summed E-state index contributed by atoms with van der Waals surface area (Å²) in [6, 6.07) is 0. The van der Waals surface area contributed by atoms with Gasteiger partial charge in [0.25, 0.3) is 5.91 Å². The minimum atomic E-state index is -0.118. The molecule has 2 heterocycles. The quantitative estimate of drug-likeness (QED) is 0.790. The Hall–Kier alpha value is -1.43. The van der Waals surface area contributed by atoms with E-state index in [-0.39, 0.29) is 11.8 Å². The number of hydrogen-bond donors (Lipinski definition) is 1. The lowest BCUT2D eigenvalue weighted by Gasteiger charge is -2.28. The van der Waals surface area contributed by atoms with Gasteiger partial charge in [-0.1, -0.05) is 6.42 Å². The summed E-state index contributed by atoms with van der Waals surface area (Å²) >= 11 is 0. The number of carbonyl (C=O) groups excluding carboxylic acids is 2. The molecule has 1 fully saturated rings. The summed E-state index contributed by atoms with van der Waals surface area (Å²) in [5.41, 5.74) is 2.82. The molecule has 0 aromatic carbocycles. The molecule has 106 valence electrons. The van der Waals surface area contributed by atoms with Crippen LogP contribution in [-0.4, -0.2) is 60.6 Å². The number of nitrogens with zero attached hydrogens (tertiary/aromatic N) is 3. The van der Waals surface area contributed by atoms with E-state index in [1.165, 1.54) is 19.3 Å². The molecule has 2 rings (SSSR count). The van der Waals surface area contributed by atoms with E-state index in [0.29, 0.717) is 25.1 Å². The molecule has 2 aliphatic rings. The zero-order chi connectivity index (χ0) is 13.7. The Labute approximate surface area is 113 Å². The van der Waals surface area contributed by atoms with Crippen molar-refractivity contribution in [2.75, 3.05) is 33.2 Å². The van der Waals surface area contributed by atoms with Crippen molar-refractivity contribution in [1.29, 1.82) is 0 Å². The van der Waals surface area contributed by atoms with Crippen LogP contribution < -0.4 is 5.43 Å². The Morgan fingerprint density at radius 2 is 2.05 bits per heavy atom. The Bertz CT molecular complexity index is 375. The highest BCUT2D eigenvalue weighted by Crippen LogP contribution is 2.08. The zero-order valence-corrected chi connectivity index (χ0v) is 11.5. The molecule has 0 aromatic heterocycles. The van der Waals surface area contributed by atoms with E-state index >= 15 is 0 Å². The largest absolute Gasteiger partial charge is 0.339 e. The number of carbonyl (C=O) groups is 2. The van der Waals surface area contributed by atoms with Crippen molar-refractivity contribution in [3.63, 3.8) is 0 Å². The van der Waals surface area contributed by atoms with Gasteiger partial charge >= 0.3 is 0 Å². The molecule has 0 saturated carbocycles. The molecular formula is C13H22N4O2. The monoisotopic (exact) mass is 266 g/mol. The van der Waals surface area contributed by atoms with Crippen LogP contribution in [0.4, 0.5) is 0 Å². The molecule has 0 radical (unpaired) electrons. The van der Waals surface area contributed by atoms with Gasteiger partial charge in [-0.3, -0.25) is 9.59 Å². The lowest BCUT2D eigenvalue weighted by molar-refractivity contribution is -0.123. The third-order valence-electron chi connectivity index (χ3n) is 3.70. The number of likely N-dealkylation sites (N-methyl/N-ethyl adjacent to an activating group) is 1. The van der Waals surface area contributed by atoms with Crippen molar-refractivity contribution in [3.05, 3.63) is 0 Å². The highest BCUT2D eigenvalue weighted by atomic mass is 16.2. The van der Waals surface area contributed by atoms with Crippen LogP contribution in [0.2, 0.25) is 0 Å². The summed E-state index contributed by atoms with van der Waals surface area (Å²) in [5.74, 6) is -0.190. The molecule has 0 atom stereocenters. The highest BCUT2D eigenvalue weighted by Gasteiger charge is 2.21. The SMILES string of the molecule is CN(CCN1CCCCC1)C(=O)C1=NNC(=O)CC1. The molecule has 0 aromatic rings. The minimum absolute atomic E-state index is 0.0722. The summed E-state index contributed by atoms with van der Waals surface area (Å²) < 4.78 is 0. The number of rotatable bonds is 4. The normalized spacial score (nSPS) is 20.7. The number of hydrazone groups is 1. The average Bonchev–Trinajstić information content (AvgIpc) is 2.46. The molecule has 2 aliphatic heterocycles. The van der Waals surface area contributed by atoms with E-state index in [1.807, 2.05) is 0 Å². The van der Waals surface area contributed by atoms with Gasteiger partial charge in [0.2, 0.25) is 5.91 Å². The van der Waals surface area contributed by atoms with Gasteiger partial charge in [0.1, 0.15) is 5.71 Å². The standard InChI is InChI=1S/C13H22N4O2/c1-16(9-10-17-7-3-2-4-8-17)13(19)11-5-6-12(18)15-14-11/h2-10H2,1H3,(H,15,18). The van der Waals surface area contributed by atoms with Crippen LogP contribution in [0.5, 0.6) is 0 Å². The summed E-state index contributed by atoms with van der Waals surface area (Å²) in [4.78, 5) is 27.2. The molecule has 19 heavy (non-hydrogen) atoms. The second-order valence-electron chi connectivity index (χ2n) is 5.22.